The lowest BCUT2D eigenvalue weighted by Crippen LogP contribution is -2.37. The zero-order chi connectivity index (χ0) is 12.5. The van der Waals surface area contributed by atoms with Crippen LogP contribution in [0.25, 0.3) is 0 Å². The van der Waals surface area contributed by atoms with Crippen molar-refractivity contribution in [1.82, 2.24) is 18.6 Å². The zero-order valence-corrected chi connectivity index (χ0v) is 10.9. The second-order valence-electron chi connectivity index (χ2n) is 4.43. The van der Waals surface area contributed by atoms with E-state index in [-0.39, 0.29) is 0 Å². The first kappa shape index (κ1) is 12.5. The summed E-state index contributed by atoms with van der Waals surface area (Å²) in [6.07, 6.45) is 6.06. The monoisotopic (exact) mass is 258 g/mol. The summed E-state index contributed by atoms with van der Waals surface area (Å²) in [6.45, 7) is 1.01. The molecule has 1 fully saturated rings. The number of rotatable bonds is 6. The highest BCUT2D eigenvalue weighted by Gasteiger charge is 2.27. The van der Waals surface area contributed by atoms with Gasteiger partial charge in [-0.25, -0.2) is 9.71 Å². The van der Waals surface area contributed by atoms with Crippen LogP contribution >= 0.6 is 0 Å². The van der Waals surface area contributed by atoms with Gasteiger partial charge in [0.15, 0.2) is 0 Å². The number of imidazole rings is 1. The van der Waals surface area contributed by atoms with Gasteiger partial charge in [0.2, 0.25) is 0 Å². The van der Waals surface area contributed by atoms with Crippen LogP contribution in [-0.4, -0.2) is 42.9 Å². The van der Waals surface area contributed by atoms with E-state index >= 15 is 0 Å². The van der Waals surface area contributed by atoms with Crippen molar-refractivity contribution in [3.63, 3.8) is 0 Å². The van der Waals surface area contributed by atoms with Crippen molar-refractivity contribution in [2.45, 2.75) is 25.3 Å². The maximum atomic E-state index is 11.5. The van der Waals surface area contributed by atoms with Crippen molar-refractivity contribution in [1.29, 1.82) is 0 Å². The molecule has 1 heterocycles. The van der Waals surface area contributed by atoms with Gasteiger partial charge >= 0.3 is 0 Å². The van der Waals surface area contributed by atoms with Gasteiger partial charge in [0.05, 0.1) is 0 Å². The van der Waals surface area contributed by atoms with Gasteiger partial charge in [0.1, 0.15) is 5.82 Å². The Bertz CT molecular complexity index is 476. The molecular weight excluding hydrogens is 240 g/mol. The van der Waals surface area contributed by atoms with E-state index in [4.69, 9.17) is 0 Å². The summed E-state index contributed by atoms with van der Waals surface area (Å²) in [5.41, 5.74) is 0. The van der Waals surface area contributed by atoms with Crippen molar-refractivity contribution >= 4 is 10.2 Å². The van der Waals surface area contributed by atoms with Gasteiger partial charge in [-0.3, -0.25) is 0 Å². The Morgan fingerprint density at radius 1 is 1.53 bits per heavy atom. The lowest BCUT2D eigenvalue weighted by Gasteiger charge is -2.13. The number of nitrogens with one attached hydrogen (secondary N) is 1. The summed E-state index contributed by atoms with van der Waals surface area (Å²) in [7, 11) is -0.301. The Balaban J connectivity index is 1.88. The lowest BCUT2D eigenvalue weighted by atomic mass is 10.4. The molecule has 96 valence electrons. The van der Waals surface area contributed by atoms with Crippen LogP contribution in [0.4, 0.5) is 0 Å². The molecule has 1 saturated carbocycles. The Morgan fingerprint density at radius 3 is 2.82 bits per heavy atom. The summed E-state index contributed by atoms with van der Waals surface area (Å²) >= 11 is 0. The van der Waals surface area contributed by atoms with Crippen LogP contribution < -0.4 is 4.72 Å². The smallest absolute Gasteiger partial charge is 0.278 e. The third-order valence-electron chi connectivity index (χ3n) is 2.81. The molecule has 0 amide bonds. The van der Waals surface area contributed by atoms with E-state index in [1.54, 1.807) is 6.20 Å². The molecule has 1 N–H and O–H groups in total. The third kappa shape index (κ3) is 3.05. The molecule has 0 unspecified atom stereocenters. The molecule has 0 aliphatic heterocycles. The minimum Gasteiger partial charge on any atom is -0.333 e. The van der Waals surface area contributed by atoms with Crippen molar-refractivity contribution in [2.24, 2.45) is 0 Å². The topological polar surface area (TPSA) is 67.2 Å². The summed E-state index contributed by atoms with van der Waals surface area (Å²) in [6, 6.07) is 0. The largest absolute Gasteiger partial charge is 0.333 e. The molecule has 2 rings (SSSR count). The molecule has 1 aliphatic carbocycles. The molecule has 1 aromatic heterocycles. The molecule has 1 aliphatic rings. The maximum absolute atomic E-state index is 11.5. The highest BCUT2D eigenvalue weighted by molar-refractivity contribution is 7.87. The van der Waals surface area contributed by atoms with E-state index in [9.17, 15) is 8.42 Å². The van der Waals surface area contributed by atoms with E-state index in [2.05, 4.69) is 9.71 Å². The van der Waals surface area contributed by atoms with Crippen LogP contribution in [0.3, 0.4) is 0 Å². The van der Waals surface area contributed by atoms with Crippen molar-refractivity contribution < 1.29 is 8.42 Å². The quantitative estimate of drug-likeness (QED) is 0.790. The van der Waals surface area contributed by atoms with Crippen LogP contribution in [0.15, 0.2) is 12.4 Å². The maximum Gasteiger partial charge on any atom is 0.278 e. The molecule has 6 nitrogen and oxygen atoms in total. The normalized spacial score (nSPS) is 16.6. The van der Waals surface area contributed by atoms with Gasteiger partial charge < -0.3 is 4.57 Å². The molecule has 1 aromatic rings. The molecular formula is C10H18N4O2S. The van der Waals surface area contributed by atoms with Crippen LogP contribution in [-0.2, 0) is 16.8 Å². The van der Waals surface area contributed by atoms with E-state index < -0.39 is 10.2 Å². The average Bonchev–Trinajstić information content (AvgIpc) is 2.99. The first-order chi connectivity index (χ1) is 8.00. The highest BCUT2D eigenvalue weighted by atomic mass is 32.2. The van der Waals surface area contributed by atoms with Crippen molar-refractivity contribution in [3.8, 4) is 0 Å². The van der Waals surface area contributed by atoms with E-state index in [1.165, 1.54) is 31.2 Å². The molecule has 17 heavy (non-hydrogen) atoms. The van der Waals surface area contributed by atoms with Gasteiger partial charge in [0, 0.05) is 45.5 Å². The Labute approximate surface area is 102 Å². The Hall–Kier alpha value is -0.920. The number of nitrogens with zero attached hydrogens (tertiary/aromatic N) is 3. The Kier molecular flexibility index (Phi) is 3.50. The van der Waals surface area contributed by atoms with Gasteiger partial charge in [-0.1, -0.05) is 0 Å². The van der Waals surface area contributed by atoms with Gasteiger partial charge in [-0.2, -0.15) is 12.7 Å². The first-order valence-electron chi connectivity index (χ1n) is 5.69. The third-order valence-corrected chi connectivity index (χ3v) is 4.34. The first-order valence-corrected chi connectivity index (χ1v) is 7.13. The van der Waals surface area contributed by atoms with Crippen LogP contribution in [0.2, 0.25) is 0 Å². The molecule has 0 radical (unpaired) electrons. The van der Waals surface area contributed by atoms with Gasteiger partial charge in [-0.05, 0) is 12.8 Å². The summed E-state index contributed by atoms with van der Waals surface area (Å²) in [5, 5.41) is 0. The lowest BCUT2D eigenvalue weighted by molar-refractivity contribution is 0.500. The second kappa shape index (κ2) is 4.75. The molecule has 0 aromatic carbocycles. The fraction of sp³-hybridized carbons (Fsp3) is 0.700. The molecule has 0 spiro atoms. The van der Waals surface area contributed by atoms with E-state index in [0.717, 1.165) is 5.82 Å². The predicted octanol–water partition coefficient (Wildman–Crippen LogP) is 0.157. The van der Waals surface area contributed by atoms with Crippen LogP contribution in [0, 0.1) is 0 Å². The predicted molar refractivity (Wildman–Crippen MR) is 64.8 cm³/mol. The number of hydrogen-bond donors (Lipinski definition) is 1. The van der Waals surface area contributed by atoms with Gasteiger partial charge in [0.25, 0.3) is 10.2 Å². The number of aromatic nitrogens is 2. The Morgan fingerprint density at radius 2 is 2.24 bits per heavy atom. The van der Waals surface area contributed by atoms with Crippen molar-refractivity contribution in [3.05, 3.63) is 18.2 Å². The molecule has 7 heteroatoms. The van der Waals surface area contributed by atoms with E-state index in [0.29, 0.717) is 19.0 Å². The standard InChI is InChI=1S/C10H18N4O2S/c1-13(2)17(15,16)12-6-8-14-7-5-11-10(14)9-3-4-9/h5,7,9,12H,3-4,6,8H2,1-2H3. The minimum absolute atomic E-state index is 0.386. The van der Waals surface area contributed by atoms with Crippen molar-refractivity contribution in [2.75, 3.05) is 20.6 Å². The second-order valence-corrected chi connectivity index (χ2v) is 6.40. The summed E-state index contributed by atoms with van der Waals surface area (Å²) < 4.78 is 28.7. The zero-order valence-electron chi connectivity index (χ0n) is 10.1. The average molecular weight is 258 g/mol. The summed E-state index contributed by atoms with van der Waals surface area (Å²) in [4.78, 5) is 4.30. The highest BCUT2D eigenvalue weighted by Crippen LogP contribution is 2.38. The molecule has 0 saturated heterocycles. The van der Waals surface area contributed by atoms with Crippen LogP contribution in [0.5, 0.6) is 0 Å². The molecule has 0 atom stereocenters. The molecule has 0 bridgehead atoms. The fourth-order valence-electron chi connectivity index (χ4n) is 1.64. The minimum atomic E-state index is -3.32. The number of hydrogen-bond acceptors (Lipinski definition) is 3. The summed E-state index contributed by atoms with van der Waals surface area (Å²) in [5.74, 6) is 1.66. The van der Waals surface area contributed by atoms with E-state index in [1.807, 2.05) is 10.8 Å². The SMILES string of the molecule is CN(C)S(=O)(=O)NCCn1ccnc1C1CC1. The van der Waals surface area contributed by atoms with Gasteiger partial charge in [-0.15, -0.1) is 0 Å². The van der Waals surface area contributed by atoms with Crippen LogP contribution in [0.1, 0.15) is 24.6 Å². The fourth-order valence-corrected chi connectivity index (χ4v) is 2.24.